The molecule has 0 unspecified atom stereocenters. The number of ether oxygens (including phenoxy) is 1. The first-order chi connectivity index (χ1) is 16.5. The first kappa shape index (κ1) is 24.0. The van der Waals surface area contributed by atoms with Crippen molar-refractivity contribution >= 4 is 28.3 Å². The molecule has 180 valence electrons. The summed E-state index contributed by atoms with van der Waals surface area (Å²) in [5, 5.41) is 3.92. The Morgan fingerprint density at radius 1 is 1.12 bits per heavy atom. The van der Waals surface area contributed by atoms with E-state index in [1.165, 1.54) is 16.7 Å². The largest absolute Gasteiger partial charge is 0.459 e. The predicted molar refractivity (Wildman–Crippen MR) is 134 cm³/mol. The summed E-state index contributed by atoms with van der Waals surface area (Å²) in [4.78, 5) is 30.4. The Morgan fingerprint density at radius 3 is 2.47 bits per heavy atom. The van der Waals surface area contributed by atoms with Gasteiger partial charge in [0.1, 0.15) is 5.00 Å². The van der Waals surface area contributed by atoms with Gasteiger partial charge >= 0.3 is 6.09 Å². The van der Waals surface area contributed by atoms with Crippen LogP contribution < -0.4 is 5.32 Å². The molecule has 1 aliphatic rings. The average molecular weight is 482 g/mol. The van der Waals surface area contributed by atoms with E-state index in [1.807, 2.05) is 6.92 Å². The van der Waals surface area contributed by atoms with Crippen molar-refractivity contribution in [1.29, 1.82) is 0 Å². The third-order valence-electron chi connectivity index (χ3n) is 6.03. The van der Waals surface area contributed by atoms with Gasteiger partial charge in [-0.3, -0.25) is 9.69 Å². The number of rotatable bonds is 7. The molecule has 1 saturated heterocycles. The van der Waals surface area contributed by atoms with Crippen LogP contribution in [0, 0.1) is 6.92 Å². The third kappa shape index (κ3) is 5.34. The summed E-state index contributed by atoms with van der Waals surface area (Å²) < 4.78 is 10.5. The SMILES string of the molecule is CCOC(=O)N1CCN([C@@H](c2ccc(C)cc2)c2cc(CC)sc2NC(=O)c2ccco2)CC1. The molecule has 7 nitrogen and oxygen atoms in total. The van der Waals surface area contributed by atoms with Gasteiger partial charge in [-0.2, -0.15) is 0 Å². The van der Waals surface area contributed by atoms with Gasteiger partial charge < -0.3 is 19.4 Å². The van der Waals surface area contributed by atoms with Gasteiger partial charge in [-0.05, 0) is 44.0 Å². The van der Waals surface area contributed by atoms with Gasteiger partial charge in [0.05, 0.1) is 18.9 Å². The fourth-order valence-corrected chi connectivity index (χ4v) is 5.24. The van der Waals surface area contributed by atoms with Crippen LogP contribution >= 0.6 is 11.3 Å². The third-order valence-corrected chi connectivity index (χ3v) is 7.24. The lowest BCUT2D eigenvalue weighted by molar-refractivity contribution is 0.0716. The quantitative estimate of drug-likeness (QED) is 0.494. The van der Waals surface area contributed by atoms with Crippen molar-refractivity contribution in [2.24, 2.45) is 0 Å². The van der Waals surface area contributed by atoms with Crippen LogP contribution in [-0.4, -0.2) is 54.6 Å². The number of hydrogen-bond donors (Lipinski definition) is 1. The number of nitrogens with zero attached hydrogens (tertiary/aromatic N) is 2. The summed E-state index contributed by atoms with van der Waals surface area (Å²) in [5.74, 6) is 0.0258. The zero-order chi connectivity index (χ0) is 24.1. The summed E-state index contributed by atoms with van der Waals surface area (Å²) in [6, 6.07) is 14.1. The second-order valence-corrected chi connectivity index (χ2v) is 9.45. The number of amides is 2. The smallest absolute Gasteiger partial charge is 0.409 e. The van der Waals surface area contributed by atoms with Crippen molar-refractivity contribution in [2.75, 3.05) is 38.1 Å². The number of anilines is 1. The molecule has 0 spiro atoms. The molecule has 1 aliphatic heterocycles. The van der Waals surface area contributed by atoms with E-state index in [2.05, 4.69) is 54.4 Å². The number of hydrogen-bond acceptors (Lipinski definition) is 6. The molecular formula is C26H31N3O4S. The normalized spacial score (nSPS) is 15.2. The molecule has 0 aliphatic carbocycles. The van der Waals surface area contributed by atoms with Gasteiger partial charge in [0.15, 0.2) is 5.76 Å². The number of nitrogens with one attached hydrogen (secondary N) is 1. The molecule has 0 saturated carbocycles. The van der Waals surface area contributed by atoms with E-state index in [0.29, 0.717) is 32.8 Å². The van der Waals surface area contributed by atoms with E-state index in [4.69, 9.17) is 9.15 Å². The van der Waals surface area contributed by atoms with Gasteiger partial charge in [0.2, 0.25) is 0 Å². The first-order valence-electron chi connectivity index (χ1n) is 11.7. The highest BCUT2D eigenvalue weighted by molar-refractivity contribution is 7.16. The molecule has 3 aromatic rings. The van der Waals surface area contributed by atoms with E-state index in [0.717, 1.165) is 22.5 Å². The summed E-state index contributed by atoms with van der Waals surface area (Å²) in [7, 11) is 0. The summed E-state index contributed by atoms with van der Waals surface area (Å²) in [5.41, 5.74) is 3.42. The molecule has 1 aromatic carbocycles. The molecule has 0 radical (unpaired) electrons. The highest BCUT2D eigenvalue weighted by atomic mass is 32.1. The minimum absolute atomic E-state index is 0.0478. The Labute approximate surface area is 204 Å². The predicted octanol–water partition coefficient (Wildman–Crippen LogP) is 5.33. The minimum atomic E-state index is -0.260. The van der Waals surface area contributed by atoms with Crippen LogP contribution in [0.4, 0.5) is 9.80 Å². The second kappa shape index (κ2) is 10.9. The second-order valence-electron chi connectivity index (χ2n) is 8.32. The summed E-state index contributed by atoms with van der Waals surface area (Å²) in [6.07, 6.45) is 2.12. The lowest BCUT2D eigenvalue weighted by Gasteiger charge is -2.39. The van der Waals surface area contributed by atoms with Gasteiger partial charge in [-0.25, -0.2) is 4.79 Å². The maximum Gasteiger partial charge on any atom is 0.409 e. The van der Waals surface area contributed by atoms with Crippen molar-refractivity contribution < 1.29 is 18.7 Å². The Morgan fingerprint density at radius 2 is 1.85 bits per heavy atom. The zero-order valence-electron chi connectivity index (χ0n) is 19.9. The topological polar surface area (TPSA) is 75.0 Å². The summed E-state index contributed by atoms with van der Waals surface area (Å²) in [6.45, 7) is 9.00. The van der Waals surface area contributed by atoms with Gasteiger partial charge in [-0.1, -0.05) is 36.8 Å². The van der Waals surface area contributed by atoms with E-state index in [-0.39, 0.29) is 23.8 Å². The van der Waals surface area contributed by atoms with Gasteiger partial charge in [0, 0.05) is 36.6 Å². The van der Waals surface area contributed by atoms with Crippen LogP contribution in [0.1, 0.15) is 52.0 Å². The lowest BCUT2D eigenvalue weighted by atomic mass is 9.96. The molecule has 8 heteroatoms. The van der Waals surface area contributed by atoms with Crippen molar-refractivity contribution in [3.8, 4) is 0 Å². The molecule has 1 N–H and O–H groups in total. The van der Waals surface area contributed by atoms with E-state index < -0.39 is 0 Å². The van der Waals surface area contributed by atoms with Crippen molar-refractivity contribution in [3.05, 3.63) is 76.1 Å². The van der Waals surface area contributed by atoms with Crippen molar-refractivity contribution in [2.45, 2.75) is 33.2 Å². The highest BCUT2D eigenvalue weighted by Gasteiger charge is 2.31. The highest BCUT2D eigenvalue weighted by Crippen LogP contribution is 2.40. The number of carbonyl (C=O) groups is 2. The number of thiophene rings is 1. The monoisotopic (exact) mass is 481 g/mol. The van der Waals surface area contributed by atoms with Gasteiger partial charge in [-0.15, -0.1) is 11.3 Å². The molecule has 34 heavy (non-hydrogen) atoms. The Hall–Kier alpha value is -3.10. The average Bonchev–Trinajstić information content (AvgIpc) is 3.52. The molecule has 2 aromatic heterocycles. The number of carbonyl (C=O) groups excluding carboxylic acids is 2. The van der Waals surface area contributed by atoms with Crippen LogP contribution in [0.5, 0.6) is 0 Å². The molecule has 2 amide bonds. The Kier molecular flexibility index (Phi) is 7.70. The maximum absolute atomic E-state index is 12.8. The summed E-state index contributed by atoms with van der Waals surface area (Å²) >= 11 is 1.60. The fourth-order valence-electron chi connectivity index (χ4n) is 4.22. The Balaban J connectivity index is 1.66. The maximum atomic E-state index is 12.8. The zero-order valence-corrected chi connectivity index (χ0v) is 20.7. The fraction of sp³-hybridized carbons (Fsp3) is 0.385. The lowest BCUT2D eigenvalue weighted by Crippen LogP contribution is -2.50. The minimum Gasteiger partial charge on any atom is -0.459 e. The van der Waals surface area contributed by atoms with E-state index in [9.17, 15) is 9.59 Å². The molecule has 3 heterocycles. The Bertz CT molecular complexity index is 1100. The van der Waals surface area contributed by atoms with E-state index >= 15 is 0 Å². The molecule has 4 rings (SSSR count). The molecule has 1 fully saturated rings. The van der Waals surface area contributed by atoms with Crippen LogP contribution in [0.3, 0.4) is 0 Å². The first-order valence-corrected chi connectivity index (χ1v) is 12.5. The standard InChI is InChI=1S/C26H31N3O4S/c1-4-20-17-21(25(34-20)27-24(30)22-7-6-16-33-22)23(19-10-8-18(3)9-11-19)28-12-14-29(15-13-28)26(31)32-5-2/h6-11,16-17,23H,4-5,12-15H2,1-3H3,(H,27,30)/t23-/m0/s1. The van der Waals surface area contributed by atoms with Crippen molar-refractivity contribution in [3.63, 3.8) is 0 Å². The van der Waals surface area contributed by atoms with E-state index in [1.54, 1.807) is 28.4 Å². The number of piperazine rings is 1. The molecule has 0 bridgehead atoms. The van der Waals surface area contributed by atoms with Crippen LogP contribution in [0.15, 0.2) is 53.1 Å². The van der Waals surface area contributed by atoms with Gasteiger partial charge in [0.25, 0.3) is 5.91 Å². The van der Waals surface area contributed by atoms with Crippen LogP contribution in [-0.2, 0) is 11.2 Å². The molecule has 1 atom stereocenters. The van der Waals surface area contributed by atoms with Crippen LogP contribution in [0.25, 0.3) is 0 Å². The number of aryl methyl sites for hydroxylation is 2. The number of furan rings is 1. The van der Waals surface area contributed by atoms with Crippen LogP contribution in [0.2, 0.25) is 0 Å². The van der Waals surface area contributed by atoms with Crippen molar-refractivity contribution in [1.82, 2.24) is 9.80 Å². The molecular weight excluding hydrogens is 450 g/mol. The number of benzene rings is 1.